The van der Waals surface area contributed by atoms with Gasteiger partial charge in [-0.1, -0.05) is 0 Å². The predicted octanol–water partition coefficient (Wildman–Crippen LogP) is 4.36. The average Bonchev–Trinajstić information content (AvgIpc) is 2.93. The Bertz CT molecular complexity index is 1200. The fourth-order valence-corrected chi connectivity index (χ4v) is 4.86. The fraction of sp³-hybridized carbons (Fsp3) is 0.407. The summed E-state index contributed by atoms with van der Waals surface area (Å²) >= 11 is 3.50. The van der Waals surface area contributed by atoms with Gasteiger partial charge in [0.25, 0.3) is 0 Å². The summed E-state index contributed by atoms with van der Waals surface area (Å²) < 4.78 is 19.5. The number of hydrogen-bond acceptors (Lipinski definition) is 9. The molecule has 38 heavy (non-hydrogen) atoms. The van der Waals surface area contributed by atoms with Crippen molar-refractivity contribution in [2.24, 2.45) is 0 Å². The van der Waals surface area contributed by atoms with Gasteiger partial charge in [0.05, 0.1) is 29.1 Å². The van der Waals surface area contributed by atoms with Crippen molar-refractivity contribution in [1.29, 1.82) is 0 Å². The number of nitrogens with one attached hydrogen (secondary N) is 3. The summed E-state index contributed by atoms with van der Waals surface area (Å²) in [5, 5.41) is 10.2. The SMILES string of the molecule is CN1CCN(c2ccc(Nc3ncc(Br)c(Nc4ccc(F)cc4)n3)cc2NCCN2CCOCC2)CC1. The summed E-state index contributed by atoms with van der Waals surface area (Å²) in [6.45, 7) is 9.46. The highest BCUT2D eigenvalue weighted by molar-refractivity contribution is 9.10. The summed E-state index contributed by atoms with van der Waals surface area (Å²) in [6, 6.07) is 12.5. The molecule has 0 aliphatic carbocycles. The molecule has 3 N–H and O–H groups in total. The van der Waals surface area contributed by atoms with E-state index >= 15 is 0 Å². The molecule has 202 valence electrons. The van der Waals surface area contributed by atoms with Gasteiger partial charge in [0, 0.05) is 69.9 Å². The Labute approximate surface area is 231 Å². The lowest BCUT2D eigenvalue weighted by Gasteiger charge is -2.35. The molecule has 0 saturated carbocycles. The van der Waals surface area contributed by atoms with E-state index in [0.717, 1.165) is 82.6 Å². The van der Waals surface area contributed by atoms with Crippen LogP contribution in [-0.2, 0) is 4.74 Å². The summed E-state index contributed by atoms with van der Waals surface area (Å²) in [6.07, 6.45) is 1.70. The standard InChI is InChI=1S/C27H34BrFN8O/c1-35-10-12-37(13-11-35)25-7-6-22(18-24(25)30-8-9-36-14-16-38-17-15-36)33-27-31-19-23(28)26(34-27)32-21-4-2-20(29)3-5-21/h2-7,18-19,30H,8-17H2,1H3,(H2,31,32,33,34). The number of piperazine rings is 1. The first-order valence-corrected chi connectivity index (χ1v) is 13.8. The number of morpholine rings is 1. The second-order valence-corrected chi connectivity index (χ2v) is 10.4. The lowest BCUT2D eigenvalue weighted by atomic mass is 10.2. The molecule has 2 aromatic carbocycles. The normalized spacial score (nSPS) is 16.9. The van der Waals surface area contributed by atoms with Crippen LogP contribution < -0.4 is 20.9 Å². The van der Waals surface area contributed by atoms with Gasteiger partial charge >= 0.3 is 0 Å². The molecule has 0 spiro atoms. The van der Waals surface area contributed by atoms with Crippen LogP contribution in [0.4, 0.5) is 38.9 Å². The number of hydrogen-bond donors (Lipinski definition) is 3. The molecule has 2 fully saturated rings. The van der Waals surface area contributed by atoms with Crippen LogP contribution in [0.3, 0.4) is 0 Å². The second-order valence-electron chi connectivity index (χ2n) is 9.55. The molecule has 0 amide bonds. The van der Waals surface area contributed by atoms with Gasteiger partial charge in [0.2, 0.25) is 5.95 Å². The molecule has 9 nitrogen and oxygen atoms in total. The number of rotatable bonds is 9. The van der Waals surface area contributed by atoms with Crippen LogP contribution in [0.1, 0.15) is 0 Å². The van der Waals surface area contributed by atoms with E-state index in [-0.39, 0.29) is 5.82 Å². The molecule has 3 heterocycles. The topological polar surface area (TPSA) is 80.8 Å². The Balaban J connectivity index is 1.31. The van der Waals surface area contributed by atoms with Gasteiger partial charge in [-0.05, 0) is 65.4 Å². The van der Waals surface area contributed by atoms with Crippen LogP contribution in [0.5, 0.6) is 0 Å². The number of aromatic nitrogens is 2. The zero-order chi connectivity index (χ0) is 26.3. The highest BCUT2D eigenvalue weighted by Gasteiger charge is 2.18. The largest absolute Gasteiger partial charge is 0.382 e. The molecule has 2 saturated heterocycles. The average molecular weight is 586 g/mol. The minimum Gasteiger partial charge on any atom is -0.382 e. The number of likely N-dealkylation sites (N-methyl/N-ethyl adjacent to an activating group) is 1. The first kappa shape index (κ1) is 26.6. The van der Waals surface area contributed by atoms with Crippen LogP contribution in [0.25, 0.3) is 0 Å². The Morgan fingerprint density at radius 3 is 2.45 bits per heavy atom. The van der Waals surface area contributed by atoms with E-state index in [0.29, 0.717) is 16.2 Å². The van der Waals surface area contributed by atoms with Crippen molar-refractivity contribution >= 4 is 50.4 Å². The minimum atomic E-state index is -0.283. The summed E-state index contributed by atoms with van der Waals surface area (Å²) in [5.74, 6) is 0.769. The van der Waals surface area contributed by atoms with Gasteiger partial charge < -0.3 is 30.5 Å². The van der Waals surface area contributed by atoms with Crippen molar-refractivity contribution in [3.63, 3.8) is 0 Å². The number of nitrogens with zero attached hydrogens (tertiary/aromatic N) is 5. The first-order valence-electron chi connectivity index (χ1n) is 13.0. The van der Waals surface area contributed by atoms with Gasteiger partial charge in [-0.15, -0.1) is 0 Å². The molecular formula is C27H34BrFN8O. The predicted molar refractivity (Wildman–Crippen MR) is 155 cm³/mol. The maximum atomic E-state index is 13.3. The quantitative estimate of drug-likeness (QED) is 0.340. The summed E-state index contributed by atoms with van der Waals surface area (Å²) in [4.78, 5) is 16.3. The summed E-state index contributed by atoms with van der Waals surface area (Å²) in [5.41, 5.74) is 3.93. The Morgan fingerprint density at radius 2 is 1.68 bits per heavy atom. The van der Waals surface area contributed by atoms with E-state index < -0.39 is 0 Å². The lowest BCUT2D eigenvalue weighted by Crippen LogP contribution is -2.44. The van der Waals surface area contributed by atoms with Crippen molar-refractivity contribution in [1.82, 2.24) is 19.8 Å². The maximum absolute atomic E-state index is 13.3. The van der Waals surface area contributed by atoms with Crippen LogP contribution >= 0.6 is 15.9 Å². The molecule has 0 unspecified atom stereocenters. The molecule has 2 aliphatic rings. The number of benzene rings is 2. The molecular weight excluding hydrogens is 551 g/mol. The third kappa shape index (κ3) is 7.10. The molecule has 0 atom stereocenters. The highest BCUT2D eigenvalue weighted by atomic mass is 79.9. The molecule has 1 aromatic heterocycles. The first-order chi connectivity index (χ1) is 18.5. The Morgan fingerprint density at radius 1 is 0.947 bits per heavy atom. The van der Waals surface area contributed by atoms with Gasteiger partial charge in [-0.25, -0.2) is 9.37 Å². The van der Waals surface area contributed by atoms with Crippen LogP contribution in [-0.4, -0.2) is 92.4 Å². The van der Waals surface area contributed by atoms with E-state index in [9.17, 15) is 4.39 Å². The van der Waals surface area contributed by atoms with Crippen LogP contribution in [0.15, 0.2) is 53.1 Å². The summed E-state index contributed by atoms with van der Waals surface area (Å²) in [7, 11) is 2.17. The van der Waals surface area contributed by atoms with E-state index in [1.165, 1.54) is 17.8 Å². The monoisotopic (exact) mass is 584 g/mol. The van der Waals surface area contributed by atoms with E-state index in [4.69, 9.17) is 4.74 Å². The smallest absolute Gasteiger partial charge is 0.229 e. The molecule has 11 heteroatoms. The third-order valence-corrected chi connectivity index (χ3v) is 7.38. The van der Waals surface area contributed by atoms with Gasteiger partial charge in [-0.2, -0.15) is 4.98 Å². The highest BCUT2D eigenvalue weighted by Crippen LogP contribution is 2.32. The van der Waals surface area contributed by atoms with E-state index in [1.54, 1.807) is 18.3 Å². The Hall–Kier alpha value is -2.99. The van der Waals surface area contributed by atoms with Gasteiger partial charge in [0.15, 0.2) is 0 Å². The second kappa shape index (κ2) is 12.7. The number of halogens is 2. The molecule has 0 radical (unpaired) electrons. The van der Waals surface area contributed by atoms with Gasteiger partial charge in [0.1, 0.15) is 11.6 Å². The van der Waals surface area contributed by atoms with Crippen molar-refractivity contribution in [2.45, 2.75) is 0 Å². The lowest BCUT2D eigenvalue weighted by molar-refractivity contribution is 0.0398. The van der Waals surface area contributed by atoms with Crippen molar-refractivity contribution in [2.75, 3.05) is 93.5 Å². The van der Waals surface area contributed by atoms with Crippen LogP contribution in [0.2, 0.25) is 0 Å². The zero-order valence-electron chi connectivity index (χ0n) is 21.6. The fourth-order valence-electron chi connectivity index (χ4n) is 4.57. The molecule has 3 aromatic rings. The van der Waals surface area contributed by atoms with E-state index in [2.05, 4.69) is 81.8 Å². The van der Waals surface area contributed by atoms with E-state index in [1.807, 2.05) is 0 Å². The van der Waals surface area contributed by atoms with Crippen molar-refractivity contribution in [3.05, 3.63) is 59.0 Å². The molecule has 2 aliphatic heterocycles. The minimum absolute atomic E-state index is 0.283. The molecule has 5 rings (SSSR count). The maximum Gasteiger partial charge on any atom is 0.229 e. The Kier molecular flexibility index (Phi) is 8.90. The number of ether oxygens (including phenoxy) is 1. The number of anilines is 6. The zero-order valence-corrected chi connectivity index (χ0v) is 23.2. The van der Waals surface area contributed by atoms with Crippen molar-refractivity contribution < 1.29 is 9.13 Å². The third-order valence-electron chi connectivity index (χ3n) is 6.79. The van der Waals surface area contributed by atoms with Crippen molar-refractivity contribution in [3.8, 4) is 0 Å². The van der Waals surface area contributed by atoms with Crippen LogP contribution in [0, 0.1) is 5.82 Å². The van der Waals surface area contributed by atoms with Gasteiger partial charge in [-0.3, -0.25) is 4.90 Å². The molecule has 0 bridgehead atoms.